The Morgan fingerprint density at radius 1 is 1.00 bits per heavy atom. The van der Waals surface area contributed by atoms with Gasteiger partial charge in [0.1, 0.15) is 6.04 Å². The fraction of sp³-hybridized carbons (Fsp3) is 0.308. The lowest BCUT2D eigenvalue weighted by molar-refractivity contribution is -0.124. The molecule has 0 saturated heterocycles. The molecule has 0 saturated carbocycles. The van der Waals surface area contributed by atoms with Crippen molar-refractivity contribution < 1.29 is 14.3 Å². The summed E-state index contributed by atoms with van der Waals surface area (Å²) in [4.78, 5) is 26.2. The molecule has 0 bridgehead atoms. The lowest BCUT2D eigenvalue weighted by atomic mass is 10.2. The number of aromatic nitrogens is 4. The van der Waals surface area contributed by atoms with Gasteiger partial charge in [0.05, 0.1) is 36.7 Å². The van der Waals surface area contributed by atoms with Crippen molar-refractivity contribution in [1.29, 1.82) is 0 Å². The third kappa shape index (κ3) is 4.49. The third-order valence-electron chi connectivity index (χ3n) is 6.09. The van der Waals surface area contributed by atoms with E-state index in [-0.39, 0.29) is 18.0 Å². The minimum atomic E-state index is -0.824. The van der Waals surface area contributed by atoms with Gasteiger partial charge in [0.25, 0.3) is 5.56 Å². The lowest BCUT2D eigenvalue weighted by Gasteiger charge is -2.15. The van der Waals surface area contributed by atoms with E-state index < -0.39 is 11.6 Å². The Hall–Kier alpha value is -4.14. The highest BCUT2D eigenvalue weighted by atomic mass is 16.5. The van der Waals surface area contributed by atoms with Crippen LogP contribution in [0.15, 0.2) is 47.3 Å². The number of rotatable bonds is 7. The number of fused-ring (bicyclic) bond motifs is 1. The van der Waals surface area contributed by atoms with Crippen LogP contribution in [0.5, 0.6) is 11.5 Å². The SMILES string of the molecule is COc1ccc(CNC(=O)C(C)n2nc(C)c3c(C)n(-c4ccc(C)cc4)nc3c2=O)cc1OC. The summed E-state index contributed by atoms with van der Waals surface area (Å²) in [5.74, 6) is 0.851. The number of amides is 1. The van der Waals surface area contributed by atoms with Crippen molar-refractivity contribution in [2.75, 3.05) is 14.2 Å². The first-order valence-corrected chi connectivity index (χ1v) is 11.3. The van der Waals surface area contributed by atoms with E-state index in [1.54, 1.807) is 38.0 Å². The number of nitrogens with one attached hydrogen (secondary N) is 1. The van der Waals surface area contributed by atoms with Crippen LogP contribution in [0.1, 0.15) is 35.5 Å². The molecule has 0 radical (unpaired) electrons. The van der Waals surface area contributed by atoms with Crippen LogP contribution in [0.25, 0.3) is 16.6 Å². The minimum Gasteiger partial charge on any atom is -0.493 e. The van der Waals surface area contributed by atoms with Crippen LogP contribution < -0.4 is 20.3 Å². The molecule has 9 heteroatoms. The number of nitrogens with zero attached hydrogens (tertiary/aromatic N) is 4. The van der Waals surface area contributed by atoms with Crippen molar-refractivity contribution in [3.05, 3.63) is 75.3 Å². The zero-order chi connectivity index (χ0) is 25.3. The second-order valence-corrected chi connectivity index (χ2v) is 8.47. The highest BCUT2D eigenvalue weighted by molar-refractivity contribution is 5.84. The van der Waals surface area contributed by atoms with E-state index >= 15 is 0 Å². The molecule has 9 nitrogen and oxygen atoms in total. The van der Waals surface area contributed by atoms with Gasteiger partial charge in [-0.2, -0.15) is 10.2 Å². The normalized spacial score (nSPS) is 11.9. The van der Waals surface area contributed by atoms with E-state index in [0.717, 1.165) is 22.5 Å². The maximum absolute atomic E-state index is 13.3. The zero-order valence-corrected chi connectivity index (χ0v) is 20.7. The van der Waals surface area contributed by atoms with E-state index in [1.165, 1.54) is 4.68 Å². The Morgan fingerprint density at radius 3 is 2.34 bits per heavy atom. The van der Waals surface area contributed by atoms with Crippen LogP contribution in [0.3, 0.4) is 0 Å². The molecule has 0 aliphatic rings. The summed E-state index contributed by atoms with van der Waals surface area (Å²) in [5.41, 5.74) is 4.16. The van der Waals surface area contributed by atoms with Crippen LogP contribution in [0.2, 0.25) is 0 Å². The molecular formula is C26H29N5O4. The topological polar surface area (TPSA) is 100 Å². The molecule has 4 aromatic rings. The van der Waals surface area contributed by atoms with Gasteiger partial charge < -0.3 is 14.8 Å². The zero-order valence-electron chi connectivity index (χ0n) is 20.7. The van der Waals surface area contributed by atoms with Crippen LogP contribution in [0.4, 0.5) is 0 Å². The van der Waals surface area contributed by atoms with Crippen molar-refractivity contribution in [2.45, 2.75) is 40.3 Å². The van der Waals surface area contributed by atoms with Gasteiger partial charge in [-0.05, 0) is 57.5 Å². The van der Waals surface area contributed by atoms with Crippen molar-refractivity contribution in [2.24, 2.45) is 0 Å². The Labute approximate surface area is 203 Å². The quantitative estimate of drug-likeness (QED) is 0.440. The third-order valence-corrected chi connectivity index (χ3v) is 6.09. The highest BCUT2D eigenvalue weighted by Crippen LogP contribution is 2.27. The van der Waals surface area contributed by atoms with Gasteiger partial charge in [0, 0.05) is 6.54 Å². The smallest absolute Gasteiger partial charge is 0.295 e. The number of hydrogen-bond donors (Lipinski definition) is 1. The standard InChI is InChI=1S/C26H29N5O4/c1-15-7-10-20(11-8-15)30-17(3)23-16(2)28-31(26(33)24(23)29-30)18(4)25(32)27-14-19-9-12-21(34-5)22(13-19)35-6/h7-13,18H,14H2,1-6H3,(H,27,32). The van der Waals surface area contributed by atoms with Gasteiger partial charge in [-0.25, -0.2) is 9.36 Å². The Morgan fingerprint density at radius 2 is 1.69 bits per heavy atom. The van der Waals surface area contributed by atoms with Crippen molar-refractivity contribution >= 4 is 16.8 Å². The summed E-state index contributed by atoms with van der Waals surface area (Å²) in [6.45, 7) is 7.66. The first-order chi connectivity index (χ1) is 16.7. The number of hydrogen-bond acceptors (Lipinski definition) is 6. The summed E-state index contributed by atoms with van der Waals surface area (Å²) >= 11 is 0. The van der Waals surface area contributed by atoms with Gasteiger partial charge in [-0.1, -0.05) is 23.8 Å². The summed E-state index contributed by atoms with van der Waals surface area (Å²) in [6, 6.07) is 12.5. The number of carbonyl (C=O) groups excluding carboxylic acids is 1. The van der Waals surface area contributed by atoms with E-state index in [4.69, 9.17) is 9.47 Å². The van der Waals surface area contributed by atoms with Gasteiger partial charge in [-0.3, -0.25) is 9.59 Å². The van der Waals surface area contributed by atoms with Crippen LogP contribution in [-0.4, -0.2) is 39.7 Å². The van der Waals surface area contributed by atoms with E-state index in [9.17, 15) is 9.59 Å². The maximum atomic E-state index is 13.3. The minimum absolute atomic E-state index is 0.265. The van der Waals surface area contributed by atoms with Crippen molar-refractivity contribution in [3.63, 3.8) is 0 Å². The summed E-state index contributed by atoms with van der Waals surface area (Å²) in [6.07, 6.45) is 0. The predicted octanol–water partition coefficient (Wildman–Crippen LogP) is 3.40. The average molecular weight is 476 g/mol. The molecule has 2 heterocycles. The Bertz CT molecular complexity index is 1450. The Balaban J connectivity index is 1.61. The van der Waals surface area contributed by atoms with Gasteiger partial charge >= 0.3 is 0 Å². The monoisotopic (exact) mass is 475 g/mol. The number of aryl methyl sites for hydroxylation is 3. The van der Waals surface area contributed by atoms with Crippen LogP contribution in [-0.2, 0) is 11.3 Å². The summed E-state index contributed by atoms with van der Waals surface area (Å²) in [5, 5.41) is 12.6. The van der Waals surface area contributed by atoms with Crippen molar-refractivity contribution in [3.8, 4) is 17.2 Å². The molecule has 1 atom stereocenters. The average Bonchev–Trinajstić information content (AvgIpc) is 3.22. The summed E-state index contributed by atoms with van der Waals surface area (Å²) in [7, 11) is 3.12. The molecule has 1 unspecified atom stereocenters. The maximum Gasteiger partial charge on any atom is 0.295 e. The lowest BCUT2D eigenvalue weighted by Crippen LogP contribution is -2.37. The molecule has 182 valence electrons. The fourth-order valence-corrected chi connectivity index (χ4v) is 4.09. The highest BCUT2D eigenvalue weighted by Gasteiger charge is 2.23. The van der Waals surface area contributed by atoms with Gasteiger partial charge in [-0.15, -0.1) is 0 Å². The van der Waals surface area contributed by atoms with E-state index in [2.05, 4.69) is 15.5 Å². The molecule has 35 heavy (non-hydrogen) atoms. The predicted molar refractivity (Wildman–Crippen MR) is 133 cm³/mol. The molecule has 2 aromatic carbocycles. The molecule has 1 amide bonds. The summed E-state index contributed by atoms with van der Waals surface area (Å²) < 4.78 is 13.5. The largest absolute Gasteiger partial charge is 0.493 e. The first-order valence-electron chi connectivity index (χ1n) is 11.3. The molecule has 0 aliphatic carbocycles. The number of methoxy groups -OCH3 is 2. The molecule has 0 fully saturated rings. The number of benzene rings is 2. The van der Waals surface area contributed by atoms with Crippen molar-refractivity contribution in [1.82, 2.24) is 24.9 Å². The first kappa shape index (κ1) is 24.0. The second-order valence-electron chi connectivity index (χ2n) is 8.47. The molecule has 4 rings (SSSR count). The second kappa shape index (κ2) is 9.61. The molecule has 0 spiro atoms. The fourth-order valence-electron chi connectivity index (χ4n) is 4.09. The van der Waals surface area contributed by atoms with Gasteiger partial charge in [0.15, 0.2) is 17.0 Å². The number of ether oxygens (including phenoxy) is 2. The van der Waals surface area contributed by atoms with E-state index in [0.29, 0.717) is 22.6 Å². The molecule has 2 aromatic heterocycles. The molecule has 0 aliphatic heterocycles. The number of carbonyl (C=O) groups is 1. The van der Waals surface area contributed by atoms with E-state index in [1.807, 2.05) is 51.1 Å². The van der Waals surface area contributed by atoms with Gasteiger partial charge in [0.2, 0.25) is 5.91 Å². The van der Waals surface area contributed by atoms with Crippen LogP contribution >= 0.6 is 0 Å². The Kier molecular flexibility index (Phi) is 6.59. The molecule has 1 N–H and O–H groups in total. The molecular weight excluding hydrogens is 446 g/mol. The van der Waals surface area contributed by atoms with Crippen LogP contribution in [0, 0.1) is 20.8 Å².